The van der Waals surface area contributed by atoms with Crippen LogP contribution in [0.4, 0.5) is 5.82 Å². The molecule has 0 radical (unpaired) electrons. The third-order valence-corrected chi connectivity index (χ3v) is 8.44. The number of fused-ring (bicyclic) bond motifs is 1. The number of halogens is 3. The third-order valence-electron chi connectivity index (χ3n) is 7.88. The molecule has 0 unspecified atom stereocenters. The second-order valence-corrected chi connectivity index (χ2v) is 11.2. The van der Waals surface area contributed by atoms with E-state index < -0.39 is 0 Å². The maximum Gasteiger partial charge on any atom is 0.179 e. The van der Waals surface area contributed by atoms with E-state index in [2.05, 4.69) is 23.6 Å². The Labute approximate surface area is 230 Å². The quantitative estimate of drug-likeness (QED) is 0.351. The summed E-state index contributed by atoms with van der Waals surface area (Å²) < 4.78 is 1.95. The van der Waals surface area contributed by atoms with Crippen LogP contribution in [-0.2, 0) is 0 Å². The van der Waals surface area contributed by atoms with Crippen molar-refractivity contribution >= 4 is 52.6 Å². The highest BCUT2D eigenvalue weighted by Crippen LogP contribution is 2.32. The highest BCUT2D eigenvalue weighted by atomic mass is 35.5. The van der Waals surface area contributed by atoms with Crippen LogP contribution in [0, 0.1) is 12.8 Å². The average Bonchev–Trinajstić information content (AvgIpc) is 3.15. The number of likely N-dealkylation sites (tertiary alicyclic amines) is 1. The number of nitrogens with zero attached hydrogens (tertiary/aromatic N) is 6. The predicted octanol–water partition coefficient (Wildman–Crippen LogP) is 6.95. The van der Waals surface area contributed by atoms with Crippen molar-refractivity contribution in [3.05, 3.63) is 45.7 Å². The molecule has 2 aliphatic rings. The molecule has 4 heterocycles. The van der Waals surface area contributed by atoms with Crippen LogP contribution in [0.2, 0.25) is 10.0 Å². The normalized spacial score (nSPS) is 22.6. The number of hydrogen-bond acceptors (Lipinski definition) is 5. The molecule has 0 amide bonds. The van der Waals surface area contributed by atoms with Gasteiger partial charge in [-0.1, -0.05) is 55.5 Å². The van der Waals surface area contributed by atoms with Crippen molar-refractivity contribution in [3.8, 4) is 0 Å². The summed E-state index contributed by atoms with van der Waals surface area (Å²) in [6.45, 7) is 11.0. The van der Waals surface area contributed by atoms with Crippen molar-refractivity contribution in [1.29, 1.82) is 0 Å². The minimum absolute atomic E-state index is 0. The number of piperidine rings is 1. The van der Waals surface area contributed by atoms with Gasteiger partial charge in [-0.25, -0.2) is 14.6 Å². The second-order valence-electron chi connectivity index (χ2n) is 10.4. The fourth-order valence-electron chi connectivity index (χ4n) is 5.92. The van der Waals surface area contributed by atoms with E-state index in [0.717, 1.165) is 41.3 Å². The topological polar surface area (TPSA) is 50.1 Å². The van der Waals surface area contributed by atoms with Gasteiger partial charge in [0.05, 0.1) is 17.9 Å². The molecule has 2 fully saturated rings. The van der Waals surface area contributed by atoms with Crippen LogP contribution in [0.1, 0.15) is 69.7 Å². The lowest BCUT2D eigenvalue weighted by molar-refractivity contribution is 0.118. The number of hydrogen-bond donors (Lipinski definition) is 0. The highest BCUT2D eigenvalue weighted by molar-refractivity contribution is 6.35. The summed E-state index contributed by atoms with van der Waals surface area (Å²) in [6.07, 6.45) is 9.95. The minimum Gasteiger partial charge on any atom is -0.355 e. The zero-order chi connectivity index (χ0) is 24.5. The van der Waals surface area contributed by atoms with E-state index in [1.165, 1.54) is 51.6 Å². The van der Waals surface area contributed by atoms with E-state index in [0.29, 0.717) is 22.0 Å². The van der Waals surface area contributed by atoms with Crippen molar-refractivity contribution in [1.82, 2.24) is 24.6 Å². The Bertz CT molecular complexity index is 1170. The standard InChI is InChI=1S/C27H36Cl2N6.ClH/c1-18-17-34(14-11-24(18)33-12-7-5-4-6-8-13-33)25-16-30-26-19(2)32-35(27(26)31-25)20(3)22-10-9-21(28)15-23(22)29;/h9-10,15-16,18,20,24H,4-8,11-14,17H2,1-3H3;1H/t18-,20-,24+;/m1./s1. The number of rotatable bonds is 4. The summed E-state index contributed by atoms with van der Waals surface area (Å²) in [5, 5.41) is 6.06. The minimum atomic E-state index is -0.0858. The van der Waals surface area contributed by atoms with E-state index in [-0.39, 0.29) is 18.4 Å². The highest BCUT2D eigenvalue weighted by Gasteiger charge is 2.31. The van der Waals surface area contributed by atoms with Gasteiger partial charge < -0.3 is 4.90 Å². The molecule has 2 aromatic heterocycles. The van der Waals surface area contributed by atoms with E-state index in [1.807, 2.05) is 29.9 Å². The van der Waals surface area contributed by atoms with Crippen LogP contribution in [0.3, 0.4) is 0 Å². The van der Waals surface area contributed by atoms with Crippen LogP contribution in [0.25, 0.3) is 11.2 Å². The fourth-order valence-corrected chi connectivity index (χ4v) is 6.49. The molecule has 6 nitrogen and oxygen atoms in total. The van der Waals surface area contributed by atoms with Crippen LogP contribution < -0.4 is 4.90 Å². The van der Waals surface area contributed by atoms with Crippen molar-refractivity contribution in [2.45, 2.75) is 71.4 Å². The van der Waals surface area contributed by atoms with Crippen molar-refractivity contribution in [2.24, 2.45) is 5.92 Å². The Hall–Kier alpha value is -1.60. The first kappa shape index (κ1) is 27.4. The van der Waals surface area contributed by atoms with Gasteiger partial charge in [0.25, 0.3) is 0 Å². The van der Waals surface area contributed by atoms with E-state index in [4.69, 9.17) is 38.3 Å². The molecule has 2 saturated heterocycles. The molecule has 0 saturated carbocycles. The Morgan fingerprint density at radius 1 is 1.03 bits per heavy atom. The Balaban J connectivity index is 0.00000304. The van der Waals surface area contributed by atoms with Crippen LogP contribution >= 0.6 is 35.6 Å². The van der Waals surface area contributed by atoms with Gasteiger partial charge in [0.1, 0.15) is 11.3 Å². The maximum atomic E-state index is 6.52. The van der Waals surface area contributed by atoms with Crippen molar-refractivity contribution in [2.75, 3.05) is 31.1 Å². The largest absolute Gasteiger partial charge is 0.355 e. The summed E-state index contributed by atoms with van der Waals surface area (Å²) in [7, 11) is 0. The molecule has 0 spiro atoms. The van der Waals surface area contributed by atoms with E-state index in [1.54, 1.807) is 6.07 Å². The molecule has 196 valence electrons. The first-order chi connectivity index (χ1) is 16.9. The third kappa shape index (κ3) is 5.62. The number of benzene rings is 1. The SMILES string of the molecule is Cc1nn([C@H](C)c2ccc(Cl)cc2Cl)c2nc(N3CC[C@H](N4CCCCCCC4)[C@H](C)C3)cnc12.Cl. The second kappa shape index (κ2) is 11.8. The summed E-state index contributed by atoms with van der Waals surface area (Å²) in [6, 6.07) is 6.19. The molecule has 2 aliphatic heterocycles. The van der Waals surface area contributed by atoms with Crippen molar-refractivity contribution in [3.63, 3.8) is 0 Å². The molecule has 3 atom stereocenters. The zero-order valence-corrected chi connectivity index (χ0v) is 23.8. The van der Waals surface area contributed by atoms with Gasteiger partial charge in [0.15, 0.2) is 5.65 Å². The van der Waals surface area contributed by atoms with Gasteiger partial charge in [0.2, 0.25) is 0 Å². The number of aryl methyl sites for hydroxylation is 1. The molecule has 1 aromatic carbocycles. The molecule has 9 heteroatoms. The molecule has 0 bridgehead atoms. The lowest BCUT2D eigenvalue weighted by atomic mass is 9.91. The predicted molar refractivity (Wildman–Crippen MR) is 152 cm³/mol. The molecular weight excluding hydrogens is 515 g/mol. The monoisotopic (exact) mass is 550 g/mol. The number of aromatic nitrogens is 4. The number of anilines is 1. The first-order valence-electron chi connectivity index (χ1n) is 13.1. The van der Waals surface area contributed by atoms with Crippen LogP contribution in [-0.4, -0.2) is 56.9 Å². The van der Waals surface area contributed by atoms with E-state index in [9.17, 15) is 0 Å². The average molecular weight is 552 g/mol. The van der Waals surface area contributed by atoms with Gasteiger partial charge in [-0.2, -0.15) is 5.10 Å². The fraction of sp³-hybridized carbons (Fsp3) is 0.593. The molecule has 0 aliphatic carbocycles. The summed E-state index contributed by atoms with van der Waals surface area (Å²) in [5.41, 5.74) is 3.49. The molecular formula is C27H37Cl3N6. The summed E-state index contributed by atoms with van der Waals surface area (Å²) in [4.78, 5) is 15.1. The Morgan fingerprint density at radius 2 is 1.75 bits per heavy atom. The zero-order valence-electron chi connectivity index (χ0n) is 21.5. The van der Waals surface area contributed by atoms with Gasteiger partial charge in [-0.05, 0) is 69.8 Å². The van der Waals surface area contributed by atoms with Gasteiger partial charge >= 0.3 is 0 Å². The molecule has 3 aromatic rings. The van der Waals surface area contributed by atoms with Crippen molar-refractivity contribution < 1.29 is 0 Å². The van der Waals surface area contributed by atoms with Crippen LogP contribution in [0.5, 0.6) is 0 Å². The lowest BCUT2D eigenvalue weighted by Crippen LogP contribution is -2.51. The smallest absolute Gasteiger partial charge is 0.179 e. The summed E-state index contributed by atoms with van der Waals surface area (Å²) >= 11 is 12.6. The Kier molecular flexibility index (Phi) is 9.03. The maximum absolute atomic E-state index is 6.52. The van der Waals surface area contributed by atoms with Crippen LogP contribution in [0.15, 0.2) is 24.4 Å². The van der Waals surface area contributed by atoms with E-state index >= 15 is 0 Å². The molecule has 5 rings (SSSR count). The summed E-state index contributed by atoms with van der Waals surface area (Å²) in [5.74, 6) is 1.53. The van der Waals surface area contributed by atoms with Gasteiger partial charge in [0, 0.05) is 29.2 Å². The first-order valence-corrected chi connectivity index (χ1v) is 13.8. The van der Waals surface area contributed by atoms with Gasteiger partial charge in [-0.3, -0.25) is 4.90 Å². The molecule has 0 N–H and O–H groups in total. The van der Waals surface area contributed by atoms with Gasteiger partial charge in [-0.15, -0.1) is 12.4 Å². The Morgan fingerprint density at radius 3 is 2.44 bits per heavy atom. The molecule has 36 heavy (non-hydrogen) atoms. The lowest BCUT2D eigenvalue weighted by Gasteiger charge is -2.43.